The van der Waals surface area contributed by atoms with Gasteiger partial charge >= 0.3 is 18.3 Å². The van der Waals surface area contributed by atoms with Crippen LogP contribution in [0.2, 0.25) is 0 Å². The van der Waals surface area contributed by atoms with Crippen LogP contribution in [-0.4, -0.2) is 63.3 Å². The molecule has 0 atom stereocenters. The molecule has 3 aromatic carbocycles. The van der Waals surface area contributed by atoms with E-state index in [2.05, 4.69) is 55.1 Å². The summed E-state index contributed by atoms with van der Waals surface area (Å²) < 4.78 is 70.9. The van der Waals surface area contributed by atoms with Gasteiger partial charge in [0, 0.05) is 44.5 Å². The van der Waals surface area contributed by atoms with E-state index < -0.39 is 23.9 Å². The summed E-state index contributed by atoms with van der Waals surface area (Å²) in [7, 11) is 0. The number of H-pyrrole nitrogens is 1. The molecule has 0 saturated carbocycles. The summed E-state index contributed by atoms with van der Waals surface area (Å²) in [6, 6.07) is 25.7. The number of piperazine rings is 1. The number of aliphatic carboxylic acids is 1. The van der Waals surface area contributed by atoms with Gasteiger partial charge in [0.05, 0.1) is 22.2 Å². The van der Waals surface area contributed by atoms with E-state index in [4.69, 9.17) is 15.2 Å². The van der Waals surface area contributed by atoms with Gasteiger partial charge in [-0.25, -0.2) is 14.8 Å². The number of nitriles is 1. The molecule has 0 amide bonds. The molecule has 0 bridgehead atoms. The Morgan fingerprint density at radius 3 is 1.98 bits per heavy atom. The van der Waals surface area contributed by atoms with Crippen LogP contribution in [0.3, 0.4) is 0 Å². The number of nitrogens with one attached hydrogen (secondary N) is 1. The smallest absolute Gasteiger partial charge is 0.475 e. The highest BCUT2D eigenvalue weighted by Crippen LogP contribution is 2.32. The highest BCUT2D eigenvalue weighted by atomic mass is 19.4. The van der Waals surface area contributed by atoms with Gasteiger partial charge in [0.2, 0.25) is 0 Å². The number of carboxylic acid groups (broad SMARTS) is 1. The Morgan fingerprint density at radius 2 is 1.45 bits per heavy atom. The van der Waals surface area contributed by atoms with Crippen molar-refractivity contribution in [2.24, 2.45) is 0 Å². The van der Waals surface area contributed by atoms with Crippen molar-refractivity contribution >= 4 is 22.8 Å². The summed E-state index contributed by atoms with van der Waals surface area (Å²) in [5.74, 6) is -1.32. The molecule has 1 fully saturated rings. The number of carbonyl (C=O) groups is 1. The number of rotatable bonds is 5. The topological polar surface area (TPSA) is 109 Å². The molecule has 6 rings (SSSR count). The van der Waals surface area contributed by atoms with Crippen molar-refractivity contribution in [3.8, 4) is 28.6 Å². The van der Waals surface area contributed by atoms with E-state index in [-0.39, 0.29) is 0 Å². The number of nitrogens with zero attached hydrogens (tertiary/aromatic N) is 5. The number of alkyl halides is 6. The Morgan fingerprint density at radius 1 is 0.851 bits per heavy atom. The van der Waals surface area contributed by atoms with E-state index in [1.165, 1.54) is 11.6 Å². The molecule has 47 heavy (non-hydrogen) atoms. The normalized spacial score (nSPS) is 13.9. The minimum Gasteiger partial charge on any atom is -0.475 e. The van der Waals surface area contributed by atoms with Gasteiger partial charge in [-0.05, 0) is 47.0 Å². The maximum atomic E-state index is 13.0. The molecule has 2 N–H and O–H groups in total. The summed E-state index contributed by atoms with van der Waals surface area (Å²) in [5, 5.41) is 16.1. The molecule has 242 valence electrons. The zero-order valence-corrected chi connectivity index (χ0v) is 24.5. The molecule has 0 unspecified atom stereocenters. The number of anilines is 1. The van der Waals surface area contributed by atoms with E-state index >= 15 is 0 Å². The van der Waals surface area contributed by atoms with Gasteiger partial charge in [-0.1, -0.05) is 48.5 Å². The first-order valence-corrected chi connectivity index (χ1v) is 14.2. The summed E-state index contributed by atoms with van der Waals surface area (Å²) in [6.45, 7) is 4.51. The van der Waals surface area contributed by atoms with Crippen LogP contribution in [0.1, 0.15) is 16.7 Å². The van der Waals surface area contributed by atoms with Crippen molar-refractivity contribution in [1.82, 2.24) is 19.9 Å². The van der Waals surface area contributed by atoms with Gasteiger partial charge in [0.15, 0.2) is 0 Å². The molecule has 1 saturated heterocycles. The van der Waals surface area contributed by atoms with Gasteiger partial charge in [-0.2, -0.15) is 31.6 Å². The molecule has 1 aliphatic heterocycles. The van der Waals surface area contributed by atoms with Crippen LogP contribution in [0, 0.1) is 11.3 Å². The molecular formula is C33H26F6N6O2. The lowest BCUT2D eigenvalue weighted by Crippen LogP contribution is -2.46. The van der Waals surface area contributed by atoms with Crippen LogP contribution in [0.5, 0.6) is 0 Å². The van der Waals surface area contributed by atoms with Crippen molar-refractivity contribution in [2.45, 2.75) is 18.9 Å². The number of hydrogen-bond donors (Lipinski definition) is 2. The first kappa shape index (κ1) is 33.0. The molecule has 0 spiro atoms. The molecule has 0 radical (unpaired) electrons. The van der Waals surface area contributed by atoms with Crippen molar-refractivity contribution in [2.75, 3.05) is 31.1 Å². The lowest BCUT2D eigenvalue weighted by molar-refractivity contribution is -0.192. The number of imidazole rings is 1. The first-order valence-electron chi connectivity index (χ1n) is 14.2. The number of hydrogen-bond acceptors (Lipinski definition) is 6. The third-order valence-corrected chi connectivity index (χ3v) is 7.48. The third kappa shape index (κ3) is 8.25. The highest BCUT2D eigenvalue weighted by molar-refractivity contribution is 5.80. The van der Waals surface area contributed by atoms with Crippen LogP contribution in [0.4, 0.5) is 32.2 Å². The van der Waals surface area contributed by atoms with E-state index in [0.29, 0.717) is 22.4 Å². The van der Waals surface area contributed by atoms with E-state index in [9.17, 15) is 26.3 Å². The van der Waals surface area contributed by atoms with E-state index in [1.807, 2.05) is 30.3 Å². The van der Waals surface area contributed by atoms with Crippen LogP contribution >= 0.6 is 0 Å². The Labute approximate surface area is 264 Å². The summed E-state index contributed by atoms with van der Waals surface area (Å²) in [6.07, 6.45) is -7.86. The van der Waals surface area contributed by atoms with Crippen molar-refractivity contribution in [3.05, 3.63) is 102 Å². The number of aromatic amines is 1. The molecule has 1 aliphatic rings. The molecule has 3 heterocycles. The number of benzene rings is 3. The Bertz CT molecular complexity index is 1870. The maximum absolute atomic E-state index is 13.0. The molecular weight excluding hydrogens is 626 g/mol. The van der Waals surface area contributed by atoms with E-state index in [0.717, 1.165) is 67.4 Å². The lowest BCUT2D eigenvalue weighted by Gasteiger charge is -2.35. The number of pyridine rings is 1. The molecule has 0 aliphatic carbocycles. The lowest BCUT2D eigenvalue weighted by atomic mass is 10.0. The SMILES string of the molecule is N#Cc1ccc(N2CCN(Cc3ccc(-c4ccc(-c5nc6ccc(C(F)(F)F)cc6[nH]5)cc4)cc3)CC2)nc1.O=C(O)C(F)(F)F. The van der Waals surface area contributed by atoms with Gasteiger partial charge in [-0.3, -0.25) is 4.90 Å². The number of halogens is 6. The fourth-order valence-corrected chi connectivity index (χ4v) is 4.98. The second-order valence-corrected chi connectivity index (χ2v) is 10.7. The standard InChI is InChI=1S/C31H25F3N6.C2HF3O2/c32-31(33,34)26-10-11-27-28(17-26)38-30(37-27)25-8-6-24(7-9-25)23-4-1-21(2-5-23)20-39-13-15-40(16-14-39)29-12-3-22(18-35)19-36-29;3-2(4,5)1(6)7/h1-12,17,19H,13-16,20H2,(H,37,38);(H,6,7). The summed E-state index contributed by atoms with van der Waals surface area (Å²) >= 11 is 0. The Hall–Kier alpha value is -5.42. The summed E-state index contributed by atoms with van der Waals surface area (Å²) in [4.78, 5) is 25.4. The van der Waals surface area contributed by atoms with Gasteiger partial charge < -0.3 is 15.0 Å². The third-order valence-electron chi connectivity index (χ3n) is 7.48. The highest BCUT2D eigenvalue weighted by Gasteiger charge is 2.38. The fourth-order valence-electron chi connectivity index (χ4n) is 4.98. The average Bonchev–Trinajstić information content (AvgIpc) is 3.49. The number of aromatic nitrogens is 3. The van der Waals surface area contributed by atoms with Crippen LogP contribution < -0.4 is 4.90 Å². The minimum absolute atomic E-state index is 0.358. The van der Waals surface area contributed by atoms with Gasteiger partial charge in [0.1, 0.15) is 17.7 Å². The van der Waals surface area contributed by atoms with Gasteiger partial charge in [0.25, 0.3) is 0 Å². The van der Waals surface area contributed by atoms with E-state index in [1.54, 1.807) is 12.3 Å². The van der Waals surface area contributed by atoms with Gasteiger partial charge in [-0.15, -0.1) is 0 Å². The number of carboxylic acids is 1. The molecule has 2 aromatic heterocycles. The first-order chi connectivity index (χ1) is 22.3. The molecule has 14 heteroatoms. The summed E-state index contributed by atoms with van der Waals surface area (Å²) in [5.41, 5.74) is 4.91. The van der Waals surface area contributed by atoms with Crippen LogP contribution in [0.15, 0.2) is 85.1 Å². The van der Waals surface area contributed by atoms with Crippen LogP contribution in [0.25, 0.3) is 33.5 Å². The fraction of sp³-hybridized carbons (Fsp3) is 0.212. The largest absolute Gasteiger partial charge is 0.490 e. The predicted octanol–water partition coefficient (Wildman–Crippen LogP) is 7.14. The van der Waals surface area contributed by atoms with Crippen molar-refractivity contribution in [3.63, 3.8) is 0 Å². The second-order valence-electron chi connectivity index (χ2n) is 10.7. The zero-order valence-electron chi connectivity index (χ0n) is 24.5. The van der Waals surface area contributed by atoms with Crippen molar-refractivity contribution in [1.29, 1.82) is 5.26 Å². The Kier molecular flexibility index (Phi) is 9.48. The number of fused-ring (bicyclic) bond motifs is 1. The molecule has 8 nitrogen and oxygen atoms in total. The average molecular weight is 653 g/mol. The monoisotopic (exact) mass is 652 g/mol. The predicted molar refractivity (Wildman–Crippen MR) is 162 cm³/mol. The maximum Gasteiger partial charge on any atom is 0.490 e. The quantitative estimate of drug-likeness (QED) is 0.194. The Balaban J connectivity index is 0.000000559. The zero-order chi connectivity index (χ0) is 33.8. The minimum atomic E-state index is -5.08. The van der Waals surface area contributed by atoms with Crippen molar-refractivity contribution < 1.29 is 36.2 Å². The van der Waals surface area contributed by atoms with Crippen LogP contribution in [-0.2, 0) is 17.5 Å². The second kappa shape index (κ2) is 13.5. The molecule has 5 aromatic rings.